The van der Waals surface area contributed by atoms with Gasteiger partial charge in [-0.15, -0.1) is 0 Å². The van der Waals surface area contributed by atoms with Gasteiger partial charge in [0.2, 0.25) is 15.9 Å². The molecule has 1 atom stereocenters. The highest BCUT2D eigenvalue weighted by atomic mass is 32.2. The third-order valence-corrected chi connectivity index (χ3v) is 7.33. The van der Waals surface area contributed by atoms with Gasteiger partial charge in [-0.2, -0.15) is 4.31 Å². The molecular weight excluding hydrogens is 418 g/mol. The summed E-state index contributed by atoms with van der Waals surface area (Å²) < 4.78 is 34.5. The second-order valence-corrected chi connectivity index (χ2v) is 9.48. The van der Waals surface area contributed by atoms with E-state index in [9.17, 15) is 18.0 Å². The number of amides is 1. The Labute approximate surface area is 183 Å². The first-order valence-electron chi connectivity index (χ1n) is 10.4. The fraction of sp³-hybridized carbons (Fsp3) is 0.455. The predicted molar refractivity (Wildman–Crippen MR) is 117 cm³/mol. The molecule has 1 aromatic carbocycles. The van der Waals surface area contributed by atoms with E-state index >= 15 is 0 Å². The molecule has 1 saturated heterocycles. The maximum atomic E-state index is 13.4. The van der Waals surface area contributed by atoms with E-state index < -0.39 is 22.0 Å². The molecule has 1 aromatic heterocycles. The molecule has 1 fully saturated rings. The van der Waals surface area contributed by atoms with Gasteiger partial charge in [0.05, 0.1) is 6.61 Å². The van der Waals surface area contributed by atoms with E-state index in [1.54, 1.807) is 18.9 Å². The Hall–Kier alpha value is -2.65. The van der Waals surface area contributed by atoms with E-state index in [1.807, 2.05) is 38.1 Å². The highest BCUT2D eigenvalue weighted by Crippen LogP contribution is 2.30. The second kappa shape index (κ2) is 9.23. The molecule has 1 aliphatic heterocycles. The average Bonchev–Trinajstić information content (AvgIpc) is 3.36. The number of benzene rings is 1. The molecule has 31 heavy (non-hydrogen) atoms. The van der Waals surface area contributed by atoms with E-state index in [1.165, 1.54) is 21.1 Å². The second-order valence-electron chi connectivity index (χ2n) is 7.59. The van der Waals surface area contributed by atoms with E-state index in [2.05, 4.69) is 0 Å². The zero-order chi connectivity index (χ0) is 22.8. The van der Waals surface area contributed by atoms with Gasteiger partial charge in [-0.05, 0) is 57.4 Å². The van der Waals surface area contributed by atoms with E-state index in [-0.39, 0.29) is 29.6 Å². The summed E-state index contributed by atoms with van der Waals surface area (Å²) >= 11 is 0. The smallest absolute Gasteiger partial charge is 0.354 e. The topological polar surface area (TPSA) is 88.9 Å². The van der Waals surface area contributed by atoms with Crippen LogP contribution in [0.3, 0.4) is 0 Å². The van der Waals surface area contributed by atoms with Crippen molar-refractivity contribution < 1.29 is 22.7 Å². The van der Waals surface area contributed by atoms with Gasteiger partial charge in [0.25, 0.3) is 0 Å². The minimum atomic E-state index is -3.96. The summed E-state index contributed by atoms with van der Waals surface area (Å²) in [5, 5.41) is 0. The first kappa shape index (κ1) is 23.0. The Balaban J connectivity index is 1.90. The maximum absolute atomic E-state index is 13.4. The van der Waals surface area contributed by atoms with Crippen LogP contribution in [0.5, 0.6) is 0 Å². The molecule has 8 nitrogen and oxygen atoms in total. The van der Waals surface area contributed by atoms with Crippen molar-refractivity contribution in [2.24, 2.45) is 7.05 Å². The monoisotopic (exact) mass is 447 g/mol. The number of hydrogen-bond donors (Lipinski definition) is 0. The maximum Gasteiger partial charge on any atom is 0.354 e. The van der Waals surface area contributed by atoms with Crippen LogP contribution in [0.4, 0.5) is 5.69 Å². The Morgan fingerprint density at radius 1 is 1.23 bits per heavy atom. The zero-order valence-electron chi connectivity index (χ0n) is 18.4. The third-order valence-electron chi connectivity index (χ3n) is 5.46. The SMILES string of the molecule is CCOC(=O)c1cc(S(=O)(=O)N2CCC[C@H]2C(=O)N(CC)c2cccc(C)c2)cn1C. The summed E-state index contributed by atoms with van der Waals surface area (Å²) in [6, 6.07) is 8.13. The van der Waals surface area contributed by atoms with Crippen LogP contribution >= 0.6 is 0 Å². The quantitative estimate of drug-likeness (QED) is 0.609. The molecule has 1 amide bonds. The molecule has 0 aliphatic carbocycles. The number of anilines is 1. The molecule has 3 rings (SSSR count). The minimum Gasteiger partial charge on any atom is -0.461 e. The Kier molecular flexibility index (Phi) is 6.86. The van der Waals surface area contributed by atoms with Crippen LogP contribution in [-0.2, 0) is 26.6 Å². The Morgan fingerprint density at radius 2 is 1.97 bits per heavy atom. The highest BCUT2D eigenvalue weighted by molar-refractivity contribution is 7.89. The Morgan fingerprint density at radius 3 is 2.61 bits per heavy atom. The standard InChI is InChI=1S/C22H29N3O5S/c1-5-24(17-10-7-9-16(3)13-17)21(26)19-11-8-12-25(19)31(28,29)18-14-20(23(4)15-18)22(27)30-6-2/h7,9-10,13-15,19H,5-6,8,11-12H2,1-4H3/t19-/m0/s1. The molecule has 0 saturated carbocycles. The number of likely N-dealkylation sites (N-methyl/N-ethyl adjacent to an activating group) is 1. The van der Waals surface area contributed by atoms with Crippen LogP contribution in [0, 0.1) is 6.92 Å². The van der Waals surface area contributed by atoms with Gasteiger partial charge < -0.3 is 14.2 Å². The predicted octanol–water partition coefficient (Wildman–Crippen LogP) is 2.72. The zero-order valence-corrected chi connectivity index (χ0v) is 19.2. The number of carbonyl (C=O) groups is 2. The number of sulfonamides is 1. The van der Waals surface area contributed by atoms with Crippen LogP contribution in [0.1, 0.15) is 42.7 Å². The van der Waals surface area contributed by atoms with Gasteiger partial charge in [-0.25, -0.2) is 13.2 Å². The number of aryl methyl sites for hydroxylation is 2. The molecule has 0 bridgehead atoms. The largest absolute Gasteiger partial charge is 0.461 e. The molecule has 0 unspecified atom stereocenters. The average molecular weight is 448 g/mol. The molecule has 0 radical (unpaired) electrons. The highest BCUT2D eigenvalue weighted by Gasteiger charge is 2.42. The Bertz CT molecular complexity index is 1080. The van der Waals surface area contributed by atoms with Gasteiger partial charge >= 0.3 is 5.97 Å². The number of hydrogen-bond acceptors (Lipinski definition) is 5. The number of nitrogens with zero attached hydrogens (tertiary/aromatic N) is 3. The summed E-state index contributed by atoms with van der Waals surface area (Å²) in [6.45, 7) is 6.40. The number of esters is 1. The molecule has 1 aliphatic rings. The van der Waals surface area contributed by atoms with Crippen molar-refractivity contribution in [1.82, 2.24) is 8.87 Å². The summed E-state index contributed by atoms with van der Waals surface area (Å²) in [5.41, 5.74) is 1.92. The summed E-state index contributed by atoms with van der Waals surface area (Å²) in [4.78, 5) is 27.1. The van der Waals surface area contributed by atoms with Crippen molar-refractivity contribution in [3.8, 4) is 0 Å². The third kappa shape index (κ3) is 4.52. The summed E-state index contributed by atoms with van der Waals surface area (Å²) in [6.07, 6.45) is 2.44. The van der Waals surface area contributed by atoms with Crippen LogP contribution in [-0.4, -0.2) is 54.9 Å². The van der Waals surface area contributed by atoms with Crippen LogP contribution in [0.2, 0.25) is 0 Å². The molecule has 2 heterocycles. The fourth-order valence-electron chi connectivity index (χ4n) is 3.93. The first-order valence-corrected chi connectivity index (χ1v) is 11.9. The molecule has 0 spiro atoms. The normalized spacial score (nSPS) is 17.0. The van der Waals surface area contributed by atoms with Crippen molar-refractivity contribution in [3.05, 3.63) is 47.8 Å². The van der Waals surface area contributed by atoms with Crippen LogP contribution in [0.25, 0.3) is 0 Å². The van der Waals surface area contributed by atoms with Crippen molar-refractivity contribution in [1.29, 1.82) is 0 Å². The first-order chi connectivity index (χ1) is 14.7. The van der Waals surface area contributed by atoms with E-state index in [4.69, 9.17) is 4.74 Å². The van der Waals surface area contributed by atoms with Gasteiger partial charge in [-0.3, -0.25) is 4.79 Å². The fourth-order valence-corrected chi connectivity index (χ4v) is 5.66. The molecule has 0 N–H and O–H groups in total. The number of carbonyl (C=O) groups excluding carboxylic acids is 2. The minimum absolute atomic E-state index is 0.0173. The summed E-state index contributed by atoms with van der Waals surface area (Å²) in [7, 11) is -2.37. The van der Waals surface area contributed by atoms with Crippen molar-refractivity contribution in [3.63, 3.8) is 0 Å². The van der Waals surface area contributed by atoms with Crippen molar-refractivity contribution >= 4 is 27.6 Å². The number of rotatable bonds is 7. The lowest BCUT2D eigenvalue weighted by molar-refractivity contribution is -0.121. The van der Waals surface area contributed by atoms with Gasteiger partial charge in [0.15, 0.2) is 0 Å². The van der Waals surface area contributed by atoms with E-state index in [0.29, 0.717) is 19.4 Å². The lowest BCUT2D eigenvalue weighted by Crippen LogP contribution is -2.47. The lowest BCUT2D eigenvalue weighted by atomic mass is 10.1. The van der Waals surface area contributed by atoms with Gasteiger partial charge in [-0.1, -0.05) is 12.1 Å². The van der Waals surface area contributed by atoms with Crippen molar-refractivity contribution in [2.75, 3.05) is 24.6 Å². The molecule has 2 aromatic rings. The molecular formula is C22H29N3O5S. The molecule has 168 valence electrons. The number of ether oxygens (including phenoxy) is 1. The van der Waals surface area contributed by atoms with Crippen molar-refractivity contribution in [2.45, 2.75) is 44.6 Å². The van der Waals surface area contributed by atoms with Gasteiger partial charge in [0, 0.05) is 32.0 Å². The van der Waals surface area contributed by atoms with Gasteiger partial charge in [0.1, 0.15) is 16.6 Å². The lowest BCUT2D eigenvalue weighted by Gasteiger charge is -2.29. The summed E-state index contributed by atoms with van der Waals surface area (Å²) in [5.74, 6) is -0.826. The number of aromatic nitrogens is 1. The molecule has 9 heteroatoms. The van der Waals surface area contributed by atoms with Crippen LogP contribution < -0.4 is 4.90 Å². The van der Waals surface area contributed by atoms with Crippen LogP contribution in [0.15, 0.2) is 41.4 Å². The van der Waals surface area contributed by atoms with E-state index in [0.717, 1.165) is 11.3 Å².